The molecule has 0 N–H and O–H groups in total. The highest BCUT2D eigenvalue weighted by Gasteiger charge is 2.02. The fourth-order valence-electron chi connectivity index (χ4n) is 1.58. The van der Waals surface area contributed by atoms with E-state index in [9.17, 15) is 4.79 Å². The number of hydrogen-bond acceptors (Lipinski definition) is 3. The van der Waals surface area contributed by atoms with Crippen LogP contribution in [-0.2, 0) is 16.0 Å². The molecule has 0 atom stereocenters. The molecule has 0 fully saturated rings. The monoisotopic (exact) mass is 220 g/mol. The van der Waals surface area contributed by atoms with Crippen LogP contribution < -0.4 is 0 Å². The van der Waals surface area contributed by atoms with Crippen LogP contribution in [0, 0.1) is 0 Å². The predicted molar refractivity (Wildman–Crippen MR) is 63.9 cm³/mol. The van der Waals surface area contributed by atoms with Gasteiger partial charge in [0.15, 0.2) is 0 Å². The van der Waals surface area contributed by atoms with Crippen molar-refractivity contribution in [3.63, 3.8) is 0 Å². The minimum atomic E-state index is 0.423. The van der Waals surface area contributed by atoms with Crippen molar-refractivity contribution in [1.82, 2.24) is 4.90 Å². The summed E-state index contributed by atoms with van der Waals surface area (Å²) in [6.45, 7) is 6.71. The maximum Gasteiger partial charge on any atom is 0.417 e. The number of likely N-dealkylation sites (N-methyl/N-ethyl adjacent to an activating group) is 1. The smallest absolute Gasteiger partial charge is 0.417 e. The third kappa shape index (κ3) is 4.94. The molecule has 0 saturated heterocycles. The van der Waals surface area contributed by atoms with Gasteiger partial charge in [0, 0.05) is 13.1 Å². The van der Waals surface area contributed by atoms with Crippen LogP contribution in [0.15, 0.2) is 30.3 Å². The van der Waals surface area contributed by atoms with Gasteiger partial charge in [-0.25, -0.2) is 4.79 Å². The fraction of sp³-hybridized carbons (Fsp3) is 0.462. The Bertz CT molecular complexity index is 287. The molecule has 0 spiro atoms. The van der Waals surface area contributed by atoms with Gasteiger partial charge in [0.2, 0.25) is 0 Å². The van der Waals surface area contributed by atoms with Crippen LogP contribution in [0.2, 0.25) is 0 Å². The summed E-state index contributed by atoms with van der Waals surface area (Å²) in [6.07, 6.45) is 1.03. The van der Waals surface area contributed by atoms with Crippen molar-refractivity contribution in [1.29, 1.82) is 0 Å². The first-order chi connectivity index (χ1) is 7.86. The summed E-state index contributed by atoms with van der Waals surface area (Å²) < 4.78 is 4.57. The Labute approximate surface area is 97.0 Å². The van der Waals surface area contributed by atoms with Crippen LogP contribution in [0.25, 0.3) is 0 Å². The number of nitrogens with zero attached hydrogens (tertiary/aromatic N) is 1. The van der Waals surface area contributed by atoms with Gasteiger partial charge in [-0.1, -0.05) is 37.3 Å². The summed E-state index contributed by atoms with van der Waals surface area (Å²) >= 11 is 0. The number of rotatable bonds is 8. The van der Waals surface area contributed by atoms with Crippen LogP contribution in [0.1, 0.15) is 12.5 Å². The lowest BCUT2D eigenvalue weighted by Gasteiger charge is -2.19. The SMILES string of the molecule is CCN(CCO[C]=O)CCc1ccccc1. The predicted octanol–water partition coefficient (Wildman–Crippen LogP) is 1.63. The van der Waals surface area contributed by atoms with Crippen molar-refractivity contribution in [2.75, 3.05) is 26.2 Å². The lowest BCUT2D eigenvalue weighted by molar-refractivity contribution is 0.202. The first-order valence-corrected chi connectivity index (χ1v) is 5.62. The van der Waals surface area contributed by atoms with Crippen LogP contribution in [0.3, 0.4) is 0 Å². The molecule has 0 bridgehead atoms. The van der Waals surface area contributed by atoms with E-state index in [0.29, 0.717) is 6.61 Å². The molecule has 0 aliphatic rings. The summed E-state index contributed by atoms with van der Waals surface area (Å²) in [5.41, 5.74) is 1.34. The molecule has 0 unspecified atom stereocenters. The highest BCUT2D eigenvalue weighted by atomic mass is 16.5. The fourth-order valence-corrected chi connectivity index (χ4v) is 1.58. The van der Waals surface area contributed by atoms with Gasteiger partial charge >= 0.3 is 6.47 Å². The highest BCUT2D eigenvalue weighted by molar-refractivity contribution is 5.38. The molecule has 0 aromatic heterocycles. The minimum absolute atomic E-state index is 0.423. The topological polar surface area (TPSA) is 29.5 Å². The molecule has 3 heteroatoms. The molecule has 0 aliphatic heterocycles. The van der Waals surface area contributed by atoms with Crippen molar-refractivity contribution in [2.24, 2.45) is 0 Å². The van der Waals surface area contributed by atoms with Crippen LogP contribution in [0.4, 0.5) is 0 Å². The van der Waals surface area contributed by atoms with Gasteiger partial charge in [-0.3, -0.25) is 4.90 Å². The molecular formula is C13H18NO2. The summed E-state index contributed by atoms with van der Waals surface area (Å²) in [5.74, 6) is 0. The van der Waals surface area contributed by atoms with E-state index in [1.54, 1.807) is 0 Å². The van der Waals surface area contributed by atoms with E-state index in [0.717, 1.165) is 26.1 Å². The van der Waals surface area contributed by atoms with Crippen LogP contribution >= 0.6 is 0 Å². The number of ether oxygens (including phenoxy) is 1. The third-order valence-corrected chi connectivity index (χ3v) is 2.58. The minimum Gasteiger partial charge on any atom is -0.456 e. The van der Waals surface area contributed by atoms with Gasteiger partial charge in [-0.15, -0.1) is 0 Å². The number of hydrogen-bond donors (Lipinski definition) is 0. The zero-order valence-electron chi connectivity index (χ0n) is 9.69. The molecule has 0 amide bonds. The lowest BCUT2D eigenvalue weighted by atomic mass is 10.1. The van der Waals surface area contributed by atoms with E-state index in [1.165, 1.54) is 12.0 Å². The lowest BCUT2D eigenvalue weighted by Crippen LogP contribution is -2.29. The van der Waals surface area contributed by atoms with Crippen molar-refractivity contribution in [3.8, 4) is 0 Å². The maximum atomic E-state index is 9.89. The molecule has 1 rings (SSSR count). The summed E-state index contributed by atoms with van der Waals surface area (Å²) in [7, 11) is 0. The molecule has 87 valence electrons. The van der Waals surface area contributed by atoms with Crippen molar-refractivity contribution in [3.05, 3.63) is 35.9 Å². The van der Waals surface area contributed by atoms with Crippen molar-refractivity contribution >= 4 is 6.47 Å². The van der Waals surface area contributed by atoms with E-state index in [2.05, 4.69) is 40.8 Å². The van der Waals surface area contributed by atoms with Gasteiger partial charge in [0.1, 0.15) is 6.61 Å². The highest BCUT2D eigenvalue weighted by Crippen LogP contribution is 2.01. The van der Waals surface area contributed by atoms with Gasteiger partial charge in [-0.2, -0.15) is 0 Å². The molecular weight excluding hydrogens is 202 g/mol. The zero-order chi connectivity index (χ0) is 11.6. The molecule has 16 heavy (non-hydrogen) atoms. The Balaban J connectivity index is 2.25. The average molecular weight is 220 g/mol. The van der Waals surface area contributed by atoms with Gasteiger partial charge < -0.3 is 4.74 Å². The van der Waals surface area contributed by atoms with Crippen LogP contribution in [0.5, 0.6) is 0 Å². The first-order valence-electron chi connectivity index (χ1n) is 5.62. The molecule has 1 aromatic carbocycles. The van der Waals surface area contributed by atoms with E-state index in [-0.39, 0.29) is 0 Å². The summed E-state index contributed by atoms with van der Waals surface area (Å²) in [4.78, 5) is 12.1. The van der Waals surface area contributed by atoms with E-state index >= 15 is 0 Å². The maximum absolute atomic E-state index is 9.89. The van der Waals surface area contributed by atoms with E-state index in [1.807, 2.05) is 6.07 Å². The van der Waals surface area contributed by atoms with Crippen molar-refractivity contribution < 1.29 is 9.53 Å². The van der Waals surface area contributed by atoms with Gasteiger partial charge in [-0.05, 0) is 18.5 Å². The van der Waals surface area contributed by atoms with E-state index < -0.39 is 0 Å². The van der Waals surface area contributed by atoms with Crippen molar-refractivity contribution in [2.45, 2.75) is 13.3 Å². The molecule has 1 radical (unpaired) electrons. The molecule has 0 saturated carbocycles. The Morgan fingerprint density at radius 2 is 2.00 bits per heavy atom. The van der Waals surface area contributed by atoms with E-state index in [4.69, 9.17) is 0 Å². The molecule has 0 heterocycles. The average Bonchev–Trinajstić information content (AvgIpc) is 2.35. The normalized spacial score (nSPS) is 10.4. The molecule has 0 aliphatic carbocycles. The van der Waals surface area contributed by atoms with Crippen LogP contribution in [-0.4, -0.2) is 37.6 Å². The zero-order valence-corrected chi connectivity index (χ0v) is 9.69. The Morgan fingerprint density at radius 1 is 1.25 bits per heavy atom. The second-order valence-corrected chi connectivity index (χ2v) is 3.60. The molecule has 3 nitrogen and oxygen atoms in total. The Kier molecular flexibility index (Phi) is 6.26. The Morgan fingerprint density at radius 3 is 2.62 bits per heavy atom. The number of benzene rings is 1. The quantitative estimate of drug-likeness (QED) is 0.624. The van der Waals surface area contributed by atoms with Gasteiger partial charge in [0.05, 0.1) is 0 Å². The first kappa shape index (κ1) is 12.7. The Hall–Kier alpha value is -1.35. The molecule has 1 aromatic rings. The number of carbonyl (C=O) groups excluding carboxylic acids is 1. The second-order valence-electron chi connectivity index (χ2n) is 3.60. The summed E-state index contributed by atoms with van der Waals surface area (Å²) in [6, 6.07) is 10.4. The standard InChI is InChI=1S/C13H18NO2/c1-2-14(10-11-16-12-15)9-8-13-6-4-3-5-7-13/h3-7H,2,8-11H2,1H3. The summed E-state index contributed by atoms with van der Waals surface area (Å²) in [5, 5.41) is 0. The largest absolute Gasteiger partial charge is 0.456 e. The van der Waals surface area contributed by atoms with Gasteiger partial charge in [0.25, 0.3) is 0 Å². The second kappa shape index (κ2) is 7.88. The third-order valence-electron chi connectivity index (χ3n) is 2.58.